The first-order chi connectivity index (χ1) is 19.0. The number of hydrogen-bond acceptors (Lipinski definition) is 12. The molecule has 0 amide bonds. The van der Waals surface area contributed by atoms with E-state index in [1.165, 1.54) is 26.1 Å². The summed E-state index contributed by atoms with van der Waals surface area (Å²) in [5.41, 5.74) is -0.146. The van der Waals surface area contributed by atoms with E-state index in [2.05, 4.69) is 15.6 Å². The summed E-state index contributed by atoms with van der Waals surface area (Å²) in [7, 11) is -4.25. The number of benzene rings is 1. The first-order valence-electron chi connectivity index (χ1n) is 13.0. The third-order valence-electron chi connectivity index (χ3n) is 5.98. The highest BCUT2D eigenvalue weighted by molar-refractivity contribution is 7.52. The van der Waals surface area contributed by atoms with Gasteiger partial charge in [-0.15, -0.1) is 0 Å². The molecule has 0 radical (unpaired) electrons. The number of nitrogens with one attached hydrogen (secondary N) is 2. The first kappa shape index (κ1) is 31.7. The minimum absolute atomic E-state index is 0.116. The summed E-state index contributed by atoms with van der Waals surface area (Å²) in [6.45, 7) is 6.37. The maximum Gasteiger partial charge on any atom is 0.459 e. The average Bonchev–Trinajstić information content (AvgIpc) is 3.14. The summed E-state index contributed by atoms with van der Waals surface area (Å²) >= 11 is 0. The molecule has 0 aliphatic carbocycles. The Kier molecular flexibility index (Phi) is 11.2. The van der Waals surface area contributed by atoms with Gasteiger partial charge in [0.15, 0.2) is 12.0 Å². The molecule has 2 aromatic rings. The van der Waals surface area contributed by atoms with Crippen molar-refractivity contribution in [3.8, 4) is 5.75 Å². The topological polar surface area (TPSA) is 180 Å². The van der Waals surface area contributed by atoms with E-state index in [-0.39, 0.29) is 18.2 Å². The van der Waals surface area contributed by atoms with Gasteiger partial charge in [-0.25, -0.2) is 14.8 Å². The summed E-state index contributed by atoms with van der Waals surface area (Å²) in [6, 6.07) is 8.52. The van der Waals surface area contributed by atoms with Gasteiger partial charge in [0.25, 0.3) is 0 Å². The van der Waals surface area contributed by atoms with E-state index < -0.39 is 56.1 Å². The van der Waals surface area contributed by atoms with Crippen LogP contribution < -0.4 is 20.8 Å². The number of para-hydroxylation sites is 1. The highest BCUT2D eigenvalue weighted by Gasteiger charge is 2.54. The number of aliphatic hydroxyl groups is 2. The fourth-order valence-corrected chi connectivity index (χ4v) is 5.31. The number of unbranched alkanes of at least 4 members (excludes halogenated alkanes) is 1. The van der Waals surface area contributed by atoms with Crippen LogP contribution >= 0.6 is 7.75 Å². The number of ether oxygens (including phenoxy) is 2. The van der Waals surface area contributed by atoms with Gasteiger partial charge in [0.2, 0.25) is 0 Å². The van der Waals surface area contributed by atoms with Gasteiger partial charge in [0.1, 0.15) is 29.6 Å². The third-order valence-corrected chi connectivity index (χ3v) is 7.63. The fraction of sp³-hybridized carbons (Fsp3) is 0.560. The highest BCUT2D eigenvalue weighted by atomic mass is 31.2. The van der Waals surface area contributed by atoms with Crippen LogP contribution in [0.2, 0.25) is 0 Å². The van der Waals surface area contributed by atoms with Crippen LogP contribution in [0.5, 0.6) is 5.75 Å². The number of esters is 1. The normalized spacial score (nSPS) is 24.7. The van der Waals surface area contributed by atoms with Crippen molar-refractivity contribution in [2.45, 2.75) is 70.6 Å². The minimum atomic E-state index is -4.25. The Bertz CT molecular complexity index is 1210. The van der Waals surface area contributed by atoms with E-state index in [4.69, 9.17) is 23.4 Å². The van der Waals surface area contributed by atoms with Crippen molar-refractivity contribution < 1.29 is 42.9 Å². The average molecular weight is 585 g/mol. The Morgan fingerprint density at radius 2 is 2.00 bits per heavy atom. The quantitative estimate of drug-likeness (QED) is 0.104. The number of carbonyl (C=O) groups is 1. The maximum atomic E-state index is 13.6. The molecule has 40 heavy (non-hydrogen) atoms. The predicted octanol–water partition coefficient (Wildman–Crippen LogP) is 2.14. The second-order valence-corrected chi connectivity index (χ2v) is 11.0. The Morgan fingerprint density at radius 3 is 2.65 bits per heavy atom. The van der Waals surface area contributed by atoms with Crippen molar-refractivity contribution in [3.63, 3.8) is 0 Å². The van der Waals surface area contributed by atoms with E-state index in [1.54, 1.807) is 37.3 Å². The molecule has 0 spiro atoms. The van der Waals surface area contributed by atoms with E-state index in [0.29, 0.717) is 6.61 Å². The van der Waals surface area contributed by atoms with Crippen molar-refractivity contribution in [2.24, 2.45) is 0 Å². The number of aromatic nitrogens is 2. The molecule has 1 aromatic heterocycles. The molecule has 1 fully saturated rings. The second kappa shape index (κ2) is 14.2. The van der Waals surface area contributed by atoms with Crippen LogP contribution in [0.1, 0.15) is 46.8 Å². The number of hydrogen-bond donors (Lipinski definition) is 4. The molecule has 1 aliphatic heterocycles. The summed E-state index contributed by atoms with van der Waals surface area (Å²) < 4.78 is 36.6. The highest BCUT2D eigenvalue weighted by Crippen LogP contribution is 2.46. The lowest BCUT2D eigenvalue weighted by atomic mass is 9.96. The Hall–Kier alpha value is -2.84. The van der Waals surface area contributed by atoms with Gasteiger partial charge in [0.05, 0.1) is 19.8 Å². The minimum Gasteiger partial charge on any atom is -0.465 e. The first-order valence-corrected chi connectivity index (χ1v) is 14.5. The predicted molar refractivity (Wildman–Crippen MR) is 143 cm³/mol. The molecule has 15 heteroatoms. The number of carbonyl (C=O) groups excluding carboxylic acids is 1. The van der Waals surface area contributed by atoms with Gasteiger partial charge in [-0.1, -0.05) is 31.5 Å². The molecule has 0 bridgehead atoms. The largest absolute Gasteiger partial charge is 0.465 e. The van der Waals surface area contributed by atoms with Crippen molar-refractivity contribution in [1.29, 1.82) is 0 Å². The SMILES string of the molecule is CCCCONc1ccn([C@@H]2O[C@H](COP(=O)(N[C@@H](C)C(=O)OCC)Oc3ccccc3)C(O)[C@@]2(C)O)c(=O)n1. The molecular formula is C25H37N4O10P. The van der Waals surface area contributed by atoms with E-state index >= 15 is 0 Å². The molecule has 1 aromatic carbocycles. The van der Waals surface area contributed by atoms with Crippen LogP contribution in [-0.2, 0) is 28.2 Å². The van der Waals surface area contributed by atoms with Crippen molar-refractivity contribution >= 4 is 19.5 Å². The maximum absolute atomic E-state index is 13.6. The summed E-state index contributed by atoms with van der Waals surface area (Å²) in [6.07, 6.45) is -1.06. The zero-order chi connectivity index (χ0) is 29.3. The van der Waals surface area contributed by atoms with E-state index in [9.17, 15) is 24.4 Å². The fourth-order valence-electron chi connectivity index (χ4n) is 3.81. The van der Waals surface area contributed by atoms with Gasteiger partial charge in [-0.05, 0) is 45.4 Å². The molecule has 222 valence electrons. The van der Waals surface area contributed by atoms with Crippen LogP contribution in [0.25, 0.3) is 0 Å². The van der Waals surface area contributed by atoms with Crippen LogP contribution in [0.4, 0.5) is 5.82 Å². The smallest absolute Gasteiger partial charge is 0.459 e. The van der Waals surface area contributed by atoms with Crippen LogP contribution in [0.15, 0.2) is 47.4 Å². The Labute approximate surface area is 232 Å². The summed E-state index contributed by atoms with van der Waals surface area (Å²) in [5, 5.41) is 24.4. The zero-order valence-electron chi connectivity index (χ0n) is 22.9. The molecule has 2 unspecified atom stereocenters. The second-order valence-electron chi connectivity index (χ2n) is 9.30. The number of rotatable bonds is 15. The Morgan fingerprint density at radius 1 is 1.27 bits per heavy atom. The molecule has 14 nitrogen and oxygen atoms in total. The lowest BCUT2D eigenvalue weighted by Gasteiger charge is -2.27. The lowest BCUT2D eigenvalue weighted by Crippen LogP contribution is -2.46. The number of anilines is 1. The standard InChI is InChI=1S/C25H37N4O10P/c1-5-7-15-36-27-20-13-14-29(24(32)26-20)23-25(4,33)21(30)19(38-23)16-37-40(34,28-17(3)22(31)35-6-2)39-18-11-9-8-10-12-18/h8-14,17,19,21,23,30,33H,5-7,15-16H2,1-4H3,(H,28,34)(H,26,27,32)/t17-,19+,21?,23+,25+,40?/m0/s1. The molecule has 1 aliphatic rings. The number of aliphatic hydroxyl groups excluding tert-OH is 1. The summed E-state index contributed by atoms with van der Waals surface area (Å²) in [5.74, 6) is -0.322. The molecule has 3 rings (SSSR count). The Balaban J connectivity index is 1.74. The third kappa shape index (κ3) is 8.10. The van der Waals surface area contributed by atoms with Crippen molar-refractivity contribution in [3.05, 3.63) is 53.1 Å². The van der Waals surface area contributed by atoms with Crippen LogP contribution in [0.3, 0.4) is 0 Å². The monoisotopic (exact) mass is 584 g/mol. The van der Waals surface area contributed by atoms with Crippen LogP contribution in [-0.4, -0.2) is 69.4 Å². The zero-order valence-corrected chi connectivity index (χ0v) is 23.8. The molecule has 6 atom stereocenters. The van der Waals surface area contributed by atoms with Crippen molar-refractivity contribution in [1.82, 2.24) is 14.6 Å². The van der Waals surface area contributed by atoms with Gasteiger partial charge in [-0.2, -0.15) is 10.1 Å². The van der Waals surface area contributed by atoms with Crippen molar-refractivity contribution in [2.75, 3.05) is 25.3 Å². The number of nitrogens with zero attached hydrogens (tertiary/aromatic N) is 2. The molecular weight excluding hydrogens is 547 g/mol. The van der Waals surface area contributed by atoms with Gasteiger partial charge in [-0.3, -0.25) is 18.7 Å². The van der Waals surface area contributed by atoms with E-state index in [0.717, 1.165) is 17.4 Å². The van der Waals surface area contributed by atoms with Gasteiger partial charge >= 0.3 is 19.4 Å². The summed E-state index contributed by atoms with van der Waals surface area (Å²) in [4.78, 5) is 34.0. The van der Waals surface area contributed by atoms with Gasteiger partial charge < -0.3 is 24.2 Å². The molecule has 1 saturated heterocycles. The van der Waals surface area contributed by atoms with E-state index in [1.807, 2.05) is 6.92 Å². The van der Waals surface area contributed by atoms with Gasteiger partial charge in [0, 0.05) is 6.20 Å². The van der Waals surface area contributed by atoms with Crippen LogP contribution in [0, 0.1) is 0 Å². The molecule has 0 saturated carbocycles. The molecule has 2 heterocycles. The lowest BCUT2D eigenvalue weighted by molar-refractivity contribution is -0.144. The molecule has 4 N–H and O–H groups in total.